The number of carbonyl (C=O) groups is 8. The number of esters is 2. The maximum atomic E-state index is 14.2. The lowest BCUT2D eigenvalue weighted by Crippen LogP contribution is -2.63. The molecule has 6 amide bonds. The van der Waals surface area contributed by atoms with Gasteiger partial charge in [-0.1, -0.05) is 103 Å². The fraction of sp³-hybridized carbons (Fsp3) is 0.500. The van der Waals surface area contributed by atoms with Gasteiger partial charge >= 0.3 is 24.1 Å². The molecule has 11 rings (SSSR count). The number of hydrogen-bond acceptors (Lipinski definition) is 34. The van der Waals surface area contributed by atoms with Crippen molar-refractivity contribution in [3.05, 3.63) is 178 Å². The second-order valence-corrected chi connectivity index (χ2v) is 37.7. The second kappa shape index (κ2) is 46.6. The first-order valence-electron chi connectivity index (χ1n) is 40.6. The van der Waals surface area contributed by atoms with Gasteiger partial charge in [0.05, 0.1) is 65.4 Å². The summed E-state index contributed by atoms with van der Waals surface area (Å²) in [5.74, 6) is -2.78. The highest BCUT2D eigenvalue weighted by Gasteiger charge is 2.66. The van der Waals surface area contributed by atoms with Gasteiger partial charge in [0.2, 0.25) is 23.6 Å². The Morgan fingerprint density at radius 2 is 0.969 bits per heavy atom. The lowest BCUT2D eigenvalue weighted by molar-refractivity contribution is -0.385. The van der Waals surface area contributed by atoms with Gasteiger partial charge in [-0.05, 0) is 146 Å². The highest BCUT2D eigenvalue weighted by Crippen LogP contribution is 2.52. The van der Waals surface area contributed by atoms with E-state index >= 15 is 0 Å². The number of pyridine rings is 3. The van der Waals surface area contributed by atoms with Gasteiger partial charge in [-0.15, -0.1) is 0 Å². The summed E-state index contributed by atoms with van der Waals surface area (Å²) in [5.41, 5.74) is -2.26. The standard InChI is InChI=1S/C40H50ClN5O12S2.C35H48ClN3O10S.C10H6N4O4S2.CH4/c1-22-10-9-11-30(55-8)40(51)20-29(56-38(50)43-40)23(2)36-39(4,58-36)31(19-34(48)45(6)27-17-25(16-22)18-28(54-7)35(27)41)57-37(49)24(3)44(5)33(47)14-15-59-60-32-13-12-26(21-42-32)46(52)53;1-19-10-9-11-26(46-8)35(44)18-25(47-33(43)37-35)20(2)31-34(4,49-31)27(48-32(42)21(3)38(5)28(40)12-13-50)17-29(41)39(6)23-15-22(14-19)16-24(45-7)30(23)36;15-13(16)7-1-3-9(11-5-7)19-20-10-4-2-8(6-12-10)14(17)18;/h9-13,17-18,21,23-24,29-31,36,51H,14-16,19-20H2,1-8H3,(H,43,50);9-11,15-16,20-21,25-27,31,44,50H,12-14,17-18H2,1-8H3,(H,37,43);1-6H;1H4/b11-9+,22-10+;11-9+,19-10+;;/t23-,24+,29+,30-,31+,36+,39+,40+;20-,21+,25+,26-,27+,31+,34+,35+;;/m11../s1. The number of aromatic nitrogens is 3. The largest absolute Gasteiger partial charge is 0.495 e. The minimum atomic E-state index is -1.86. The van der Waals surface area contributed by atoms with E-state index in [1.165, 1.54) is 168 Å². The van der Waals surface area contributed by atoms with Crippen LogP contribution in [0.1, 0.15) is 112 Å². The van der Waals surface area contributed by atoms with Crippen LogP contribution in [0.3, 0.4) is 0 Å². The lowest BCUT2D eigenvalue weighted by Gasteiger charge is -2.42. The number of methoxy groups -OCH3 is 4. The van der Waals surface area contributed by atoms with E-state index in [4.69, 9.17) is 70.6 Å². The van der Waals surface area contributed by atoms with Gasteiger partial charge in [-0.2, -0.15) is 12.6 Å². The van der Waals surface area contributed by atoms with E-state index in [-0.39, 0.29) is 84.9 Å². The fourth-order valence-electron chi connectivity index (χ4n) is 14.8. The number of benzene rings is 2. The number of likely N-dealkylation sites (N-methyl/N-ethyl adjacent to an activating group) is 2. The number of halogens is 2. The Kier molecular flexibility index (Phi) is 37.9. The molecule has 0 saturated carbocycles. The van der Waals surface area contributed by atoms with E-state index in [1.807, 2.05) is 26.0 Å². The second-order valence-electron chi connectivity index (χ2n) is 31.9. The number of epoxide rings is 2. The van der Waals surface area contributed by atoms with Crippen LogP contribution in [-0.2, 0) is 79.5 Å². The number of aliphatic hydroxyl groups is 2. The molecule has 5 aromatic rings. The van der Waals surface area contributed by atoms with Crippen molar-refractivity contribution < 1.29 is 111 Å². The molecule has 2 aromatic carbocycles. The van der Waals surface area contributed by atoms with Gasteiger partial charge in [-0.25, -0.2) is 34.1 Å². The molecule has 0 unspecified atom stereocenters. The van der Waals surface area contributed by atoms with Crippen molar-refractivity contribution in [3.8, 4) is 11.5 Å². The van der Waals surface area contributed by atoms with Crippen LogP contribution in [0.15, 0.2) is 142 Å². The normalized spacial score (nSPS) is 27.1. The third-order valence-corrected chi connectivity index (χ3v) is 28.4. The number of nitro groups is 3. The van der Waals surface area contributed by atoms with Crippen LogP contribution in [0.4, 0.5) is 38.0 Å². The number of carbonyl (C=O) groups excluding carboxylic acids is 8. The Morgan fingerprint density at radius 3 is 1.30 bits per heavy atom. The topological polar surface area (TPSA) is 481 Å². The number of allylic oxidation sites excluding steroid dienone is 6. The molecule has 9 heterocycles. The number of alkyl carbamates (subject to hydrolysis) is 2. The zero-order chi connectivity index (χ0) is 95.8. The van der Waals surface area contributed by atoms with Crippen molar-refractivity contribution in [1.82, 2.24) is 35.4 Å². The average Bonchev–Trinajstić information content (AvgIpc) is 1.57. The van der Waals surface area contributed by atoms with Crippen molar-refractivity contribution in [2.24, 2.45) is 11.8 Å². The molecule has 712 valence electrons. The molecule has 4 N–H and O–H groups in total. The summed E-state index contributed by atoms with van der Waals surface area (Å²) in [6.45, 7) is 13.9. The fourth-order valence-corrected chi connectivity index (χ4v) is 19.2. The molecule has 16 atom stereocenters. The highest BCUT2D eigenvalue weighted by molar-refractivity contribution is 8.77. The first-order chi connectivity index (χ1) is 61.4. The maximum absolute atomic E-state index is 14.2. The van der Waals surface area contributed by atoms with Crippen LogP contribution in [0.2, 0.25) is 10.0 Å². The predicted molar refractivity (Wildman–Crippen MR) is 494 cm³/mol. The van der Waals surface area contributed by atoms with Crippen LogP contribution < -0.4 is 29.9 Å². The number of hydrogen-bond donors (Lipinski definition) is 5. The molecular formula is C86H108Cl2N12O26S5. The molecule has 6 aliphatic heterocycles. The van der Waals surface area contributed by atoms with Crippen molar-refractivity contribution >= 4 is 155 Å². The van der Waals surface area contributed by atoms with Crippen LogP contribution >= 0.6 is 79.0 Å². The number of nitrogens with zero attached hydrogens (tertiary/aromatic N) is 10. The molecule has 6 aliphatic rings. The number of amides is 6. The van der Waals surface area contributed by atoms with Crippen LogP contribution in [0.25, 0.3) is 0 Å². The van der Waals surface area contributed by atoms with Gasteiger partial charge in [0, 0.05) is 104 Å². The first-order valence-corrected chi connectivity index (χ1v) is 46.5. The molecule has 4 fully saturated rings. The molecule has 0 aliphatic carbocycles. The molecule has 131 heavy (non-hydrogen) atoms. The van der Waals surface area contributed by atoms with Crippen LogP contribution in [-0.4, -0.2) is 249 Å². The minimum Gasteiger partial charge on any atom is -0.495 e. The molecule has 0 spiro atoms. The van der Waals surface area contributed by atoms with E-state index in [0.29, 0.717) is 62.3 Å². The summed E-state index contributed by atoms with van der Waals surface area (Å²) in [4.78, 5) is 155. The summed E-state index contributed by atoms with van der Waals surface area (Å²) in [6, 6.07) is 13.7. The molecule has 45 heteroatoms. The first kappa shape index (κ1) is 106. The van der Waals surface area contributed by atoms with Crippen molar-refractivity contribution in [2.45, 2.75) is 213 Å². The zero-order valence-corrected chi connectivity index (χ0v) is 79.6. The summed E-state index contributed by atoms with van der Waals surface area (Å²) >= 11 is 17.6. The molecule has 4 saturated heterocycles. The van der Waals surface area contributed by atoms with Crippen molar-refractivity contribution in [1.29, 1.82) is 0 Å². The number of nitrogens with one attached hydrogen (secondary N) is 2. The van der Waals surface area contributed by atoms with Crippen molar-refractivity contribution in [3.63, 3.8) is 0 Å². The summed E-state index contributed by atoms with van der Waals surface area (Å²) in [6.07, 6.45) is 5.25. The number of fused-ring (bicyclic) bond motifs is 10. The smallest absolute Gasteiger partial charge is 0.409 e. The molecule has 8 bridgehead atoms. The Labute approximate surface area is 788 Å². The summed E-state index contributed by atoms with van der Waals surface area (Å²) < 4.78 is 58.3. The Hall–Kier alpha value is -9.90. The SMILES string of the molecule is C.COc1cc2cc(c1Cl)N(C)C(=O)C[C@H](OC(=O)[C@H](C)N(C)C(=O)CCS)[C@]1(C)O[C@H]1[C@H](C)[C@@H]1C[C@@](O)(NC(=O)O1)[C@H](OC)/C=C/C=C(\C)C2.COc1cc2cc(c1Cl)N(C)C(=O)C[C@H](OC(=O)[C@H](C)N(C)C(=O)CCSSc1ccc([N+](=O)[O-])cn1)[C@]1(C)O[C@H]1[C@H](C)[C@@H]1C[C@@](O)(NC(=O)O1)[C@H](OC)/C=C/C=C(\C)C2.O=[N+]([O-])c1ccc(SSc2ccc([N+](=O)[O-])cn2)nc1. The Bertz CT molecular complexity index is 5070. The molecular weight excluding hydrogens is 1850 g/mol. The molecule has 3 aromatic heterocycles. The third-order valence-electron chi connectivity index (χ3n) is 22.9. The van der Waals surface area contributed by atoms with E-state index in [2.05, 4.69) is 38.2 Å². The van der Waals surface area contributed by atoms with Crippen LogP contribution in [0.5, 0.6) is 11.5 Å². The van der Waals surface area contributed by atoms with Gasteiger partial charge < -0.3 is 77.2 Å². The van der Waals surface area contributed by atoms with E-state index < -0.39 is 146 Å². The average molecular weight is 1960 g/mol. The van der Waals surface area contributed by atoms with E-state index in [9.17, 15) is 78.9 Å². The van der Waals surface area contributed by atoms with E-state index in [1.54, 1.807) is 90.4 Å². The van der Waals surface area contributed by atoms with Crippen LogP contribution in [0, 0.1) is 42.2 Å². The maximum Gasteiger partial charge on any atom is 0.409 e. The highest BCUT2D eigenvalue weighted by atomic mass is 35.5. The minimum absolute atomic E-state index is 0. The Morgan fingerprint density at radius 1 is 0.611 bits per heavy atom. The van der Waals surface area contributed by atoms with Gasteiger partial charge in [0.15, 0.2) is 11.4 Å². The van der Waals surface area contributed by atoms with Crippen molar-refractivity contribution in [2.75, 3.05) is 77.9 Å². The Balaban J connectivity index is 0.000000268. The predicted octanol–water partition coefficient (Wildman–Crippen LogP) is 13.2. The monoisotopic (exact) mass is 1950 g/mol. The van der Waals surface area contributed by atoms with E-state index in [0.717, 1.165) is 28.5 Å². The number of rotatable bonds is 23. The summed E-state index contributed by atoms with van der Waals surface area (Å²) in [7, 11) is 17.0. The zero-order valence-electron chi connectivity index (χ0n) is 74.0. The number of thiol groups is 1. The van der Waals surface area contributed by atoms with Gasteiger partial charge in [0.25, 0.3) is 17.1 Å². The number of ether oxygens (including phenoxy) is 10. The molecule has 0 radical (unpaired) electrons. The third kappa shape index (κ3) is 27.0. The summed E-state index contributed by atoms with van der Waals surface area (Å²) in [5, 5.41) is 62.4. The quantitative estimate of drug-likeness (QED) is 0.00592. The van der Waals surface area contributed by atoms with Gasteiger partial charge in [-0.3, -0.25) is 60.2 Å². The molecule has 38 nitrogen and oxygen atoms in total. The number of anilines is 2. The van der Waals surface area contributed by atoms with Gasteiger partial charge in [0.1, 0.15) is 115 Å². The lowest BCUT2D eigenvalue weighted by atomic mass is 9.83.